The Morgan fingerprint density at radius 2 is 2.12 bits per heavy atom. The van der Waals surface area contributed by atoms with Gasteiger partial charge in [-0.3, -0.25) is 4.79 Å². The Bertz CT molecular complexity index is 227. The average molecular weight is 226 g/mol. The molecule has 0 aromatic carbocycles. The zero-order valence-electron chi connectivity index (χ0n) is 11.2. The number of hydrogen-bond acceptors (Lipinski definition) is 2. The third-order valence-electron chi connectivity index (χ3n) is 3.21. The molecule has 0 bridgehead atoms. The highest BCUT2D eigenvalue weighted by molar-refractivity contribution is 5.75. The van der Waals surface area contributed by atoms with Crippen molar-refractivity contribution in [2.45, 2.75) is 40.0 Å². The van der Waals surface area contributed by atoms with E-state index >= 15 is 0 Å². The quantitative estimate of drug-likeness (QED) is 0.794. The summed E-state index contributed by atoms with van der Waals surface area (Å²) in [6.07, 6.45) is 2.86. The molecule has 16 heavy (non-hydrogen) atoms. The molecule has 0 spiro atoms. The Morgan fingerprint density at radius 3 is 2.62 bits per heavy atom. The van der Waals surface area contributed by atoms with E-state index in [0.29, 0.717) is 18.2 Å². The molecule has 94 valence electrons. The van der Waals surface area contributed by atoms with E-state index in [-0.39, 0.29) is 5.41 Å². The van der Waals surface area contributed by atoms with Gasteiger partial charge in [-0.2, -0.15) is 0 Å². The molecule has 1 aliphatic heterocycles. The van der Waals surface area contributed by atoms with Crippen molar-refractivity contribution in [1.82, 2.24) is 10.2 Å². The highest BCUT2D eigenvalue weighted by Crippen LogP contribution is 2.21. The molecule has 1 fully saturated rings. The number of amides is 1. The molecule has 3 heteroatoms. The summed E-state index contributed by atoms with van der Waals surface area (Å²) in [6, 6.07) is 0. The smallest absolute Gasteiger partial charge is 0.222 e. The van der Waals surface area contributed by atoms with Gasteiger partial charge in [0.1, 0.15) is 0 Å². The van der Waals surface area contributed by atoms with E-state index in [4.69, 9.17) is 0 Å². The minimum atomic E-state index is 0.255. The SMILES string of the molecule is CN(CC1CCNC1)C(=O)CCC(C)(C)C. The molecule has 1 unspecified atom stereocenters. The van der Waals surface area contributed by atoms with E-state index in [0.717, 1.165) is 26.1 Å². The van der Waals surface area contributed by atoms with Gasteiger partial charge < -0.3 is 10.2 Å². The summed E-state index contributed by atoms with van der Waals surface area (Å²) < 4.78 is 0. The second-order valence-electron chi connectivity index (χ2n) is 6.19. The Labute approximate surface area is 99.6 Å². The van der Waals surface area contributed by atoms with E-state index in [9.17, 15) is 4.79 Å². The van der Waals surface area contributed by atoms with Gasteiger partial charge in [0, 0.05) is 20.0 Å². The molecule has 1 N–H and O–H groups in total. The van der Waals surface area contributed by atoms with Crippen molar-refractivity contribution < 1.29 is 4.79 Å². The standard InChI is InChI=1S/C13H26N2O/c1-13(2,3)7-5-12(16)15(4)10-11-6-8-14-9-11/h11,14H,5-10H2,1-4H3. The average Bonchev–Trinajstić information content (AvgIpc) is 2.65. The van der Waals surface area contributed by atoms with Crippen molar-refractivity contribution in [2.75, 3.05) is 26.7 Å². The first-order valence-electron chi connectivity index (χ1n) is 6.33. The van der Waals surface area contributed by atoms with Gasteiger partial charge in [-0.1, -0.05) is 20.8 Å². The number of rotatable bonds is 4. The van der Waals surface area contributed by atoms with Crippen LogP contribution in [0, 0.1) is 11.3 Å². The van der Waals surface area contributed by atoms with Crippen molar-refractivity contribution in [3.8, 4) is 0 Å². The Hall–Kier alpha value is -0.570. The van der Waals surface area contributed by atoms with Gasteiger partial charge in [0.25, 0.3) is 0 Å². The van der Waals surface area contributed by atoms with E-state index in [1.807, 2.05) is 11.9 Å². The first-order chi connectivity index (χ1) is 7.38. The topological polar surface area (TPSA) is 32.3 Å². The molecular weight excluding hydrogens is 200 g/mol. The minimum Gasteiger partial charge on any atom is -0.345 e. The van der Waals surface area contributed by atoms with Gasteiger partial charge in [-0.05, 0) is 37.3 Å². The van der Waals surface area contributed by atoms with Crippen LogP contribution in [0.3, 0.4) is 0 Å². The van der Waals surface area contributed by atoms with Crippen LogP contribution in [-0.2, 0) is 4.79 Å². The van der Waals surface area contributed by atoms with Gasteiger partial charge in [0.15, 0.2) is 0 Å². The fraction of sp³-hybridized carbons (Fsp3) is 0.923. The molecule has 1 rings (SSSR count). The number of hydrogen-bond donors (Lipinski definition) is 1. The number of nitrogens with zero attached hydrogens (tertiary/aromatic N) is 1. The van der Waals surface area contributed by atoms with Crippen LogP contribution in [0.15, 0.2) is 0 Å². The van der Waals surface area contributed by atoms with Gasteiger partial charge in [-0.25, -0.2) is 0 Å². The van der Waals surface area contributed by atoms with Crippen LogP contribution in [0.2, 0.25) is 0 Å². The summed E-state index contributed by atoms with van der Waals surface area (Å²) in [4.78, 5) is 13.8. The molecule has 1 atom stereocenters. The van der Waals surface area contributed by atoms with E-state index in [2.05, 4.69) is 26.1 Å². The molecule has 1 amide bonds. The summed E-state index contributed by atoms with van der Waals surface area (Å²) in [6.45, 7) is 9.63. The predicted octanol–water partition coefficient (Wildman–Crippen LogP) is 1.88. The zero-order valence-corrected chi connectivity index (χ0v) is 11.2. The van der Waals surface area contributed by atoms with Crippen molar-refractivity contribution in [2.24, 2.45) is 11.3 Å². The Kier molecular flexibility index (Phi) is 4.78. The van der Waals surface area contributed by atoms with Crippen molar-refractivity contribution in [3.63, 3.8) is 0 Å². The summed E-state index contributed by atoms with van der Waals surface area (Å²) in [7, 11) is 1.93. The van der Waals surface area contributed by atoms with Gasteiger partial charge in [0.2, 0.25) is 5.91 Å². The highest BCUT2D eigenvalue weighted by atomic mass is 16.2. The fourth-order valence-corrected chi connectivity index (χ4v) is 2.03. The second kappa shape index (κ2) is 5.67. The first kappa shape index (κ1) is 13.5. The minimum absolute atomic E-state index is 0.255. The molecule has 0 saturated carbocycles. The van der Waals surface area contributed by atoms with Gasteiger partial charge >= 0.3 is 0 Å². The first-order valence-corrected chi connectivity index (χ1v) is 6.33. The predicted molar refractivity (Wildman–Crippen MR) is 67.3 cm³/mol. The van der Waals surface area contributed by atoms with E-state index < -0.39 is 0 Å². The lowest BCUT2D eigenvalue weighted by atomic mass is 9.90. The molecule has 0 aliphatic carbocycles. The third kappa shape index (κ3) is 4.97. The molecule has 0 aromatic rings. The van der Waals surface area contributed by atoms with E-state index in [1.54, 1.807) is 0 Å². The van der Waals surface area contributed by atoms with Crippen LogP contribution in [0.25, 0.3) is 0 Å². The molecule has 1 saturated heterocycles. The van der Waals surface area contributed by atoms with Gasteiger partial charge in [0.05, 0.1) is 0 Å². The lowest BCUT2D eigenvalue weighted by molar-refractivity contribution is -0.130. The largest absolute Gasteiger partial charge is 0.345 e. The Morgan fingerprint density at radius 1 is 1.44 bits per heavy atom. The normalized spacial score (nSPS) is 21.1. The molecule has 0 aromatic heterocycles. The van der Waals surface area contributed by atoms with Crippen molar-refractivity contribution in [1.29, 1.82) is 0 Å². The van der Waals surface area contributed by atoms with Crippen molar-refractivity contribution >= 4 is 5.91 Å². The fourth-order valence-electron chi connectivity index (χ4n) is 2.03. The van der Waals surface area contributed by atoms with Crippen LogP contribution >= 0.6 is 0 Å². The van der Waals surface area contributed by atoms with Crippen molar-refractivity contribution in [3.05, 3.63) is 0 Å². The molecule has 0 radical (unpaired) electrons. The van der Waals surface area contributed by atoms with Crippen LogP contribution in [0.1, 0.15) is 40.0 Å². The van der Waals surface area contributed by atoms with Crippen LogP contribution < -0.4 is 5.32 Å². The number of carbonyl (C=O) groups excluding carboxylic acids is 1. The second-order valence-corrected chi connectivity index (χ2v) is 6.19. The number of nitrogens with one attached hydrogen (secondary N) is 1. The van der Waals surface area contributed by atoms with E-state index in [1.165, 1.54) is 6.42 Å². The van der Waals surface area contributed by atoms with Crippen LogP contribution in [-0.4, -0.2) is 37.5 Å². The molecule has 1 heterocycles. The van der Waals surface area contributed by atoms with Crippen LogP contribution in [0.4, 0.5) is 0 Å². The molecule has 3 nitrogen and oxygen atoms in total. The molecule has 1 aliphatic rings. The number of carbonyl (C=O) groups is 1. The van der Waals surface area contributed by atoms with Crippen LogP contribution in [0.5, 0.6) is 0 Å². The maximum atomic E-state index is 11.9. The molecular formula is C13H26N2O. The maximum Gasteiger partial charge on any atom is 0.222 e. The monoisotopic (exact) mass is 226 g/mol. The highest BCUT2D eigenvalue weighted by Gasteiger charge is 2.20. The summed E-state index contributed by atoms with van der Waals surface area (Å²) in [5.41, 5.74) is 0.255. The van der Waals surface area contributed by atoms with Gasteiger partial charge in [-0.15, -0.1) is 0 Å². The summed E-state index contributed by atoms with van der Waals surface area (Å²) >= 11 is 0. The zero-order chi connectivity index (χ0) is 12.2. The lowest BCUT2D eigenvalue weighted by Crippen LogP contribution is -2.33. The summed E-state index contributed by atoms with van der Waals surface area (Å²) in [5, 5.41) is 3.33. The lowest BCUT2D eigenvalue weighted by Gasteiger charge is -2.23. The Balaban J connectivity index is 2.24. The maximum absolute atomic E-state index is 11.9. The third-order valence-corrected chi connectivity index (χ3v) is 3.21. The summed E-state index contributed by atoms with van der Waals surface area (Å²) in [5.74, 6) is 0.949.